The average molecular weight is 412 g/mol. The first kappa shape index (κ1) is 20.0. The van der Waals surface area contributed by atoms with E-state index in [1.807, 2.05) is 0 Å². The minimum absolute atomic E-state index is 0.302. The van der Waals surface area contributed by atoms with Crippen molar-refractivity contribution in [1.29, 1.82) is 0 Å². The Labute approximate surface area is 150 Å². The highest BCUT2D eigenvalue weighted by molar-refractivity contribution is 7.89. The van der Waals surface area contributed by atoms with Crippen LogP contribution in [0.3, 0.4) is 0 Å². The minimum atomic E-state index is -3.96. The second kappa shape index (κ2) is 7.50. The van der Waals surface area contributed by atoms with Crippen molar-refractivity contribution in [2.75, 3.05) is 6.26 Å². The van der Waals surface area contributed by atoms with Crippen LogP contribution < -0.4 is 9.46 Å². The van der Waals surface area contributed by atoms with Crippen LogP contribution in [-0.4, -0.2) is 20.6 Å². The van der Waals surface area contributed by atoms with Crippen LogP contribution in [0.4, 0.5) is 17.6 Å². The molecule has 26 heavy (non-hydrogen) atoms. The Kier molecular flexibility index (Phi) is 5.77. The van der Waals surface area contributed by atoms with E-state index >= 15 is 0 Å². The van der Waals surface area contributed by atoms with E-state index in [0.29, 0.717) is 18.4 Å². The van der Waals surface area contributed by atoms with Gasteiger partial charge in [0.25, 0.3) is 5.91 Å². The highest BCUT2D eigenvalue weighted by atomic mass is 35.5. The Morgan fingerprint density at radius 2 is 1.77 bits per heavy atom. The molecule has 1 amide bonds. The maximum atomic E-state index is 14.0. The molecule has 0 spiro atoms. The molecule has 0 saturated heterocycles. The maximum absolute atomic E-state index is 14.0. The third kappa shape index (κ3) is 4.64. The molecular weight excluding hydrogens is 402 g/mol. The van der Waals surface area contributed by atoms with Crippen molar-refractivity contribution in [3.8, 4) is 5.75 Å². The van der Waals surface area contributed by atoms with Gasteiger partial charge in [-0.3, -0.25) is 4.79 Å². The second-order valence-corrected chi connectivity index (χ2v) is 7.22. The van der Waals surface area contributed by atoms with E-state index in [4.69, 9.17) is 16.3 Å². The molecule has 140 valence electrons. The van der Waals surface area contributed by atoms with Crippen LogP contribution in [0, 0.1) is 23.3 Å². The fourth-order valence-electron chi connectivity index (χ4n) is 1.87. The highest BCUT2D eigenvalue weighted by Gasteiger charge is 2.20. The molecule has 0 atom stereocenters. The molecule has 1 N–H and O–H groups in total. The smallest absolute Gasteiger partial charge is 0.267 e. The summed E-state index contributed by atoms with van der Waals surface area (Å²) in [5, 5.41) is -0.671. The molecule has 2 aromatic carbocycles. The first-order chi connectivity index (χ1) is 12.0. The highest BCUT2D eigenvalue weighted by Crippen LogP contribution is 2.29. The van der Waals surface area contributed by atoms with Gasteiger partial charge in [-0.1, -0.05) is 11.6 Å². The van der Waals surface area contributed by atoms with E-state index in [9.17, 15) is 30.8 Å². The lowest BCUT2D eigenvalue weighted by atomic mass is 10.1. The lowest BCUT2D eigenvalue weighted by Crippen LogP contribution is -2.30. The number of carbonyl (C=O) groups is 1. The summed E-state index contributed by atoms with van der Waals surface area (Å²) in [5.74, 6) is -6.50. The Morgan fingerprint density at radius 1 is 1.12 bits per heavy atom. The first-order valence-corrected chi connectivity index (χ1v) is 9.03. The molecule has 2 aromatic rings. The average Bonchev–Trinajstić information content (AvgIpc) is 2.52. The molecule has 0 saturated carbocycles. The van der Waals surface area contributed by atoms with Crippen molar-refractivity contribution in [3.63, 3.8) is 0 Å². The van der Waals surface area contributed by atoms with Crippen molar-refractivity contribution in [2.45, 2.75) is 6.61 Å². The van der Waals surface area contributed by atoms with Gasteiger partial charge in [0.1, 0.15) is 29.0 Å². The van der Waals surface area contributed by atoms with E-state index in [1.54, 1.807) is 0 Å². The normalized spacial score (nSPS) is 11.3. The van der Waals surface area contributed by atoms with Crippen LogP contribution in [-0.2, 0) is 16.6 Å². The lowest BCUT2D eigenvalue weighted by Gasteiger charge is -2.11. The van der Waals surface area contributed by atoms with E-state index in [1.165, 1.54) is 4.72 Å². The van der Waals surface area contributed by atoms with Crippen LogP contribution in [0.25, 0.3) is 0 Å². The molecule has 0 unspecified atom stereocenters. The monoisotopic (exact) mass is 411 g/mol. The van der Waals surface area contributed by atoms with E-state index in [2.05, 4.69) is 0 Å². The van der Waals surface area contributed by atoms with E-state index < -0.39 is 56.4 Å². The summed E-state index contributed by atoms with van der Waals surface area (Å²) in [4.78, 5) is 11.6. The predicted octanol–water partition coefficient (Wildman–Crippen LogP) is 3.16. The third-order valence-electron chi connectivity index (χ3n) is 3.04. The Balaban J connectivity index is 2.23. The van der Waals surface area contributed by atoms with Gasteiger partial charge < -0.3 is 4.74 Å². The van der Waals surface area contributed by atoms with Crippen molar-refractivity contribution >= 4 is 27.5 Å². The van der Waals surface area contributed by atoms with Gasteiger partial charge in [-0.05, 0) is 24.3 Å². The zero-order valence-corrected chi connectivity index (χ0v) is 14.5. The summed E-state index contributed by atoms with van der Waals surface area (Å²) in [6, 6.07) is 2.84. The van der Waals surface area contributed by atoms with Crippen molar-refractivity contribution in [1.82, 2.24) is 4.72 Å². The molecule has 0 bridgehead atoms. The quantitative estimate of drug-likeness (QED) is 0.606. The summed E-state index contributed by atoms with van der Waals surface area (Å²) in [7, 11) is -3.96. The van der Waals surface area contributed by atoms with Gasteiger partial charge in [0.15, 0.2) is 11.6 Å². The van der Waals surface area contributed by atoms with Gasteiger partial charge in [0.2, 0.25) is 10.0 Å². The molecule has 11 heteroatoms. The molecule has 0 aromatic heterocycles. The molecule has 2 rings (SSSR count). The number of benzene rings is 2. The number of sulfonamides is 1. The number of halogens is 5. The van der Waals surface area contributed by atoms with Gasteiger partial charge in [0, 0.05) is 5.56 Å². The number of ether oxygens (including phenoxy) is 1. The van der Waals surface area contributed by atoms with Gasteiger partial charge in [0.05, 0.1) is 11.8 Å². The van der Waals surface area contributed by atoms with Crippen LogP contribution in [0.5, 0.6) is 5.75 Å². The van der Waals surface area contributed by atoms with Gasteiger partial charge >= 0.3 is 0 Å². The van der Waals surface area contributed by atoms with Crippen LogP contribution in [0.1, 0.15) is 15.9 Å². The molecule has 0 aliphatic rings. The number of nitrogens with one attached hydrogen (secondary N) is 1. The molecule has 0 heterocycles. The van der Waals surface area contributed by atoms with Crippen molar-refractivity contribution in [3.05, 3.63) is 63.7 Å². The third-order valence-corrected chi connectivity index (χ3v) is 3.95. The lowest BCUT2D eigenvalue weighted by molar-refractivity contribution is 0.0977. The Bertz CT molecular complexity index is 982. The van der Waals surface area contributed by atoms with Crippen molar-refractivity contribution < 1.29 is 35.5 Å². The molecule has 0 aliphatic heterocycles. The minimum Gasteiger partial charge on any atom is -0.487 e. The molecule has 0 radical (unpaired) electrons. The van der Waals surface area contributed by atoms with Crippen LogP contribution in [0.2, 0.25) is 5.02 Å². The zero-order chi connectivity index (χ0) is 19.6. The molecular formula is C15H10ClF4NO4S. The number of hydrogen-bond acceptors (Lipinski definition) is 4. The number of amides is 1. The van der Waals surface area contributed by atoms with E-state index in [0.717, 1.165) is 12.1 Å². The molecule has 0 fully saturated rings. The van der Waals surface area contributed by atoms with Gasteiger partial charge in [-0.15, -0.1) is 0 Å². The number of rotatable bonds is 5. The Morgan fingerprint density at radius 3 is 2.38 bits per heavy atom. The summed E-state index contributed by atoms with van der Waals surface area (Å²) >= 11 is 5.55. The Hall–Kier alpha value is -2.33. The van der Waals surface area contributed by atoms with E-state index in [-0.39, 0.29) is 11.3 Å². The first-order valence-electron chi connectivity index (χ1n) is 6.76. The van der Waals surface area contributed by atoms with Crippen LogP contribution in [0.15, 0.2) is 24.3 Å². The number of hydrogen-bond donors (Lipinski definition) is 1. The number of carbonyl (C=O) groups excluding carboxylic acids is 1. The standard InChI is InChI=1S/C15H10ClF4NO4S/c1-26(23,24)21-15(22)8-5-10(18)7(4-11(8)19)6-25-12-3-2-9(17)14(20)13(12)16/h2-5H,6H2,1H3,(H,21,22). The molecule has 0 aliphatic carbocycles. The second-order valence-electron chi connectivity index (χ2n) is 5.09. The van der Waals surface area contributed by atoms with Gasteiger partial charge in [-0.25, -0.2) is 30.7 Å². The van der Waals surface area contributed by atoms with Gasteiger partial charge in [-0.2, -0.15) is 0 Å². The zero-order valence-electron chi connectivity index (χ0n) is 12.9. The van der Waals surface area contributed by atoms with Crippen molar-refractivity contribution in [2.24, 2.45) is 0 Å². The maximum Gasteiger partial charge on any atom is 0.267 e. The summed E-state index contributed by atoms with van der Waals surface area (Å²) in [6.07, 6.45) is 0.674. The SMILES string of the molecule is CS(=O)(=O)NC(=O)c1cc(F)c(COc2ccc(F)c(F)c2Cl)cc1F. The summed E-state index contributed by atoms with van der Waals surface area (Å²) in [6.45, 7) is -0.610. The summed E-state index contributed by atoms with van der Waals surface area (Å²) < 4.78 is 82.8. The summed E-state index contributed by atoms with van der Waals surface area (Å²) in [5.41, 5.74) is -1.19. The predicted molar refractivity (Wildman–Crippen MR) is 84.4 cm³/mol. The largest absolute Gasteiger partial charge is 0.487 e. The fraction of sp³-hybridized carbons (Fsp3) is 0.133. The topological polar surface area (TPSA) is 72.5 Å². The molecule has 5 nitrogen and oxygen atoms in total. The van der Waals surface area contributed by atoms with Crippen LogP contribution >= 0.6 is 11.6 Å². The fourth-order valence-corrected chi connectivity index (χ4v) is 2.53.